The number of para-hydroxylation sites is 1. The van der Waals surface area contributed by atoms with Crippen LogP contribution >= 0.6 is 0 Å². The van der Waals surface area contributed by atoms with Crippen LogP contribution in [0.15, 0.2) is 18.2 Å². The highest BCUT2D eigenvalue weighted by Crippen LogP contribution is 2.25. The summed E-state index contributed by atoms with van der Waals surface area (Å²) in [7, 11) is 1.98. The van der Waals surface area contributed by atoms with Crippen molar-refractivity contribution in [2.24, 2.45) is 0 Å². The Morgan fingerprint density at radius 1 is 1.50 bits per heavy atom. The summed E-state index contributed by atoms with van der Waals surface area (Å²) in [6.45, 7) is 2.05. The Balaban J connectivity index is 2.36. The molecule has 0 fully saturated rings. The van der Waals surface area contributed by atoms with E-state index in [1.807, 2.05) is 7.05 Å². The van der Waals surface area contributed by atoms with Crippen molar-refractivity contribution >= 4 is 5.69 Å². The van der Waals surface area contributed by atoms with Crippen molar-refractivity contribution in [1.82, 2.24) is 5.32 Å². The van der Waals surface area contributed by atoms with Gasteiger partial charge >= 0.3 is 0 Å². The summed E-state index contributed by atoms with van der Waals surface area (Å²) in [6, 6.07) is 6.51. The van der Waals surface area contributed by atoms with Crippen LogP contribution in [0.5, 0.6) is 0 Å². The summed E-state index contributed by atoms with van der Waals surface area (Å²) >= 11 is 0. The molecule has 0 saturated heterocycles. The first kappa shape index (κ1) is 7.62. The minimum atomic E-state index is 0.955. The molecule has 1 aliphatic rings. The Kier molecular flexibility index (Phi) is 2.00. The molecule has 0 radical (unpaired) electrons. The van der Waals surface area contributed by atoms with E-state index in [1.54, 1.807) is 0 Å². The predicted octanol–water partition coefficient (Wildman–Crippen LogP) is 1.37. The number of hydrogen-bond donors (Lipinski definition) is 2. The zero-order valence-electron chi connectivity index (χ0n) is 7.35. The average Bonchev–Trinajstić information content (AvgIpc) is 2.53. The van der Waals surface area contributed by atoms with Gasteiger partial charge in [0.1, 0.15) is 0 Å². The number of rotatable bonds is 2. The smallest absolute Gasteiger partial charge is 0.0419 e. The van der Waals surface area contributed by atoms with E-state index in [2.05, 4.69) is 28.8 Å². The molecule has 1 aromatic rings. The van der Waals surface area contributed by atoms with Crippen molar-refractivity contribution in [2.75, 3.05) is 18.9 Å². The summed E-state index contributed by atoms with van der Waals surface area (Å²) in [6.07, 6.45) is 1.17. The van der Waals surface area contributed by atoms with Gasteiger partial charge in [-0.25, -0.2) is 0 Å². The van der Waals surface area contributed by atoms with Gasteiger partial charge < -0.3 is 10.6 Å². The van der Waals surface area contributed by atoms with Gasteiger partial charge in [-0.2, -0.15) is 0 Å². The van der Waals surface area contributed by atoms with Crippen molar-refractivity contribution in [3.05, 3.63) is 29.3 Å². The van der Waals surface area contributed by atoms with Crippen molar-refractivity contribution < 1.29 is 0 Å². The molecule has 0 aromatic heterocycles. The molecule has 0 spiro atoms. The van der Waals surface area contributed by atoms with Crippen molar-refractivity contribution in [3.63, 3.8) is 0 Å². The first-order valence-electron chi connectivity index (χ1n) is 4.41. The van der Waals surface area contributed by atoms with E-state index in [0.717, 1.165) is 13.1 Å². The van der Waals surface area contributed by atoms with E-state index >= 15 is 0 Å². The molecule has 0 saturated carbocycles. The highest BCUT2D eigenvalue weighted by atomic mass is 14.9. The number of benzene rings is 1. The van der Waals surface area contributed by atoms with Crippen LogP contribution in [0.1, 0.15) is 11.1 Å². The summed E-state index contributed by atoms with van der Waals surface area (Å²) in [5, 5.41) is 6.59. The van der Waals surface area contributed by atoms with Gasteiger partial charge in [-0.15, -0.1) is 0 Å². The topological polar surface area (TPSA) is 24.1 Å². The van der Waals surface area contributed by atoms with E-state index < -0.39 is 0 Å². The SMILES string of the molecule is CNCc1cccc2c1NCC2. The van der Waals surface area contributed by atoms with Crippen LogP contribution in [-0.4, -0.2) is 13.6 Å². The third kappa shape index (κ3) is 1.18. The number of anilines is 1. The molecule has 1 aromatic carbocycles. The second-order valence-electron chi connectivity index (χ2n) is 3.16. The van der Waals surface area contributed by atoms with E-state index in [1.165, 1.54) is 23.2 Å². The molecule has 0 amide bonds. The standard InChI is InChI=1S/C10H14N2/c1-11-7-9-4-2-3-8-5-6-12-10(8)9/h2-4,11-12H,5-7H2,1H3. The lowest BCUT2D eigenvalue weighted by molar-refractivity contribution is 0.819. The summed E-state index contributed by atoms with van der Waals surface area (Å²) in [4.78, 5) is 0. The molecule has 64 valence electrons. The van der Waals surface area contributed by atoms with Gasteiger partial charge in [-0.3, -0.25) is 0 Å². The van der Waals surface area contributed by atoms with Gasteiger partial charge in [-0.1, -0.05) is 18.2 Å². The maximum atomic E-state index is 3.41. The summed E-state index contributed by atoms with van der Waals surface area (Å²) in [5.41, 5.74) is 4.20. The maximum absolute atomic E-state index is 3.41. The molecular weight excluding hydrogens is 148 g/mol. The molecule has 2 heteroatoms. The molecule has 2 nitrogen and oxygen atoms in total. The Labute approximate surface area is 73.0 Å². The van der Waals surface area contributed by atoms with Gasteiger partial charge in [0.15, 0.2) is 0 Å². The zero-order valence-corrected chi connectivity index (χ0v) is 7.35. The third-order valence-electron chi connectivity index (χ3n) is 2.30. The molecule has 0 bridgehead atoms. The molecule has 1 heterocycles. The fraction of sp³-hybridized carbons (Fsp3) is 0.400. The third-order valence-corrected chi connectivity index (χ3v) is 2.30. The van der Waals surface area contributed by atoms with Gasteiger partial charge in [0.2, 0.25) is 0 Å². The van der Waals surface area contributed by atoms with Crippen molar-refractivity contribution in [3.8, 4) is 0 Å². The fourth-order valence-corrected chi connectivity index (χ4v) is 1.75. The lowest BCUT2D eigenvalue weighted by Gasteiger charge is -2.07. The Morgan fingerprint density at radius 3 is 3.25 bits per heavy atom. The molecular formula is C10H14N2. The lowest BCUT2D eigenvalue weighted by atomic mass is 10.1. The van der Waals surface area contributed by atoms with Crippen LogP contribution in [0.4, 0.5) is 5.69 Å². The highest BCUT2D eigenvalue weighted by Gasteiger charge is 2.12. The van der Waals surface area contributed by atoms with Crippen molar-refractivity contribution in [2.45, 2.75) is 13.0 Å². The monoisotopic (exact) mass is 162 g/mol. The molecule has 0 aliphatic carbocycles. The predicted molar refractivity (Wildman–Crippen MR) is 51.4 cm³/mol. The molecule has 1 aliphatic heterocycles. The van der Waals surface area contributed by atoms with Gasteiger partial charge in [-0.05, 0) is 24.6 Å². The first-order valence-corrected chi connectivity index (χ1v) is 4.41. The maximum Gasteiger partial charge on any atom is 0.0419 e. The molecule has 0 unspecified atom stereocenters. The van der Waals surface area contributed by atoms with Gasteiger partial charge in [0.25, 0.3) is 0 Å². The minimum absolute atomic E-state index is 0.955. The highest BCUT2D eigenvalue weighted by molar-refractivity contribution is 5.61. The Hall–Kier alpha value is -1.02. The summed E-state index contributed by atoms with van der Waals surface area (Å²) in [5.74, 6) is 0. The van der Waals surface area contributed by atoms with Crippen LogP contribution in [0.25, 0.3) is 0 Å². The Morgan fingerprint density at radius 2 is 2.42 bits per heavy atom. The molecule has 2 N–H and O–H groups in total. The number of hydrogen-bond acceptors (Lipinski definition) is 2. The second kappa shape index (κ2) is 3.15. The largest absolute Gasteiger partial charge is 0.384 e. The van der Waals surface area contributed by atoms with Crippen LogP contribution in [0, 0.1) is 0 Å². The first-order chi connectivity index (χ1) is 5.92. The van der Waals surface area contributed by atoms with Crippen LogP contribution in [0.2, 0.25) is 0 Å². The van der Waals surface area contributed by atoms with Crippen molar-refractivity contribution in [1.29, 1.82) is 0 Å². The fourth-order valence-electron chi connectivity index (χ4n) is 1.75. The second-order valence-corrected chi connectivity index (χ2v) is 3.16. The van der Waals surface area contributed by atoms with Crippen LogP contribution < -0.4 is 10.6 Å². The van der Waals surface area contributed by atoms with Crippen LogP contribution in [0.3, 0.4) is 0 Å². The minimum Gasteiger partial charge on any atom is -0.384 e. The summed E-state index contributed by atoms with van der Waals surface area (Å²) < 4.78 is 0. The average molecular weight is 162 g/mol. The van der Waals surface area contributed by atoms with Crippen LogP contribution in [-0.2, 0) is 13.0 Å². The quantitative estimate of drug-likeness (QED) is 0.686. The number of nitrogens with one attached hydrogen (secondary N) is 2. The normalized spacial score (nSPS) is 14.1. The Bertz CT molecular complexity index is 281. The van der Waals surface area contributed by atoms with E-state index in [4.69, 9.17) is 0 Å². The lowest BCUT2D eigenvalue weighted by Crippen LogP contribution is -2.07. The molecule has 0 atom stereocenters. The molecule has 2 rings (SSSR count). The van der Waals surface area contributed by atoms with E-state index in [0.29, 0.717) is 0 Å². The zero-order chi connectivity index (χ0) is 8.39. The van der Waals surface area contributed by atoms with Gasteiger partial charge in [0.05, 0.1) is 0 Å². The number of fused-ring (bicyclic) bond motifs is 1. The molecule has 12 heavy (non-hydrogen) atoms. The van der Waals surface area contributed by atoms with E-state index in [9.17, 15) is 0 Å². The van der Waals surface area contributed by atoms with Gasteiger partial charge in [0, 0.05) is 18.8 Å². The van der Waals surface area contributed by atoms with E-state index in [-0.39, 0.29) is 0 Å².